The highest BCUT2D eigenvalue weighted by Gasteiger charge is 2.27. The number of aromatic amines is 1. The third kappa shape index (κ3) is 4.94. The van der Waals surface area contributed by atoms with Gasteiger partial charge in [0.15, 0.2) is 6.10 Å². The van der Waals surface area contributed by atoms with Gasteiger partial charge in [-0.2, -0.15) is 0 Å². The molecule has 0 saturated heterocycles. The number of hydrogen-bond acceptors (Lipinski definition) is 5. The molecule has 0 radical (unpaired) electrons. The number of halogens is 1. The fraction of sp³-hybridized carbons (Fsp3) is 0.286. The molecule has 0 fully saturated rings. The number of benzene rings is 1. The third-order valence-corrected chi connectivity index (χ3v) is 4.11. The van der Waals surface area contributed by atoms with Crippen molar-refractivity contribution in [1.29, 1.82) is 0 Å². The Bertz CT molecular complexity index is 912. The summed E-state index contributed by atoms with van der Waals surface area (Å²) in [5.41, 5.74) is 2.08. The van der Waals surface area contributed by atoms with Gasteiger partial charge in [-0.15, -0.1) is 0 Å². The fourth-order valence-corrected chi connectivity index (χ4v) is 2.71. The van der Waals surface area contributed by atoms with E-state index in [4.69, 9.17) is 9.47 Å². The standard InChI is InChI=1S/C21H22FNO5/c1-5-27-21(26)18-12(2)19(23-13(18)3)20(25)14(4)28-17(24)11-8-15-6-9-16(22)10-7-15/h6-11,14,23H,5H2,1-4H3/b11-8+/t14-/m1/s1. The summed E-state index contributed by atoms with van der Waals surface area (Å²) >= 11 is 0. The first kappa shape index (κ1) is 21.1. The molecular weight excluding hydrogens is 365 g/mol. The van der Waals surface area contributed by atoms with Crippen molar-refractivity contribution in [2.75, 3.05) is 6.61 Å². The van der Waals surface area contributed by atoms with Crippen LogP contribution in [0.2, 0.25) is 0 Å². The quantitative estimate of drug-likeness (QED) is 0.444. The summed E-state index contributed by atoms with van der Waals surface area (Å²) in [4.78, 5) is 39.5. The van der Waals surface area contributed by atoms with Gasteiger partial charge in [-0.05, 0) is 57.0 Å². The predicted molar refractivity (Wildman–Crippen MR) is 102 cm³/mol. The van der Waals surface area contributed by atoms with Crippen LogP contribution in [0.5, 0.6) is 0 Å². The van der Waals surface area contributed by atoms with Gasteiger partial charge in [0, 0.05) is 11.8 Å². The third-order valence-electron chi connectivity index (χ3n) is 4.11. The lowest BCUT2D eigenvalue weighted by Crippen LogP contribution is -2.24. The molecule has 1 aromatic carbocycles. The van der Waals surface area contributed by atoms with E-state index < -0.39 is 23.8 Å². The van der Waals surface area contributed by atoms with Gasteiger partial charge in [-0.1, -0.05) is 12.1 Å². The maximum absolute atomic E-state index is 12.9. The number of ketones is 1. The number of rotatable bonds is 7. The molecule has 6 nitrogen and oxygen atoms in total. The Morgan fingerprint density at radius 1 is 1.18 bits per heavy atom. The molecule has 2 aromatic rings. The summed E-state index contributed by atoms with van der Waals surface area (Å²) in [5, 5.41) is 0. The van der Waals surface area contributed by atoms with Crippen LogP contribution in [0, 0.1) is 19.7 Å². The molecule has 1 heterocycles. The molecule has 7 heteroatoms. The summed E-state index contributed by atoms with van der Waals surface area (Å²) in [7, 11) is 0. The lowest BCUT2D eigenvalue weighted by atomic mass is 10.1. The Balaban J connectivity index is 2.08. The molecule has 28 heavy (non-hydrogen) atoms. The van der Waals surface area contributed by atoms with Crippen LogP contribution in [0.1, 0.15) is 51.5 Å². The molecule has 1 aromatic heterocycles. The summed E-state index contributed by atoms with van der Waals surface area (Å²) in [6, 6.07) is 5.56. The Morgan fingerprint density at radius 2 is 1.82 bits per heavy atom. The average Bonchev–Trinajstić information content (AvgIpc) is 2.95. The van der Waals surface area contributed by atoms with E-state index >= 15 is 0 Å². The van der Waals surface area contributed by atoms with E-state index in [0.717, 1.165) is 6.08 Å². The number of Topliss-reactive ketones (excluding diaryl/α,β-unsaturated/α-hetero) is 1. The summed E-state index contributed by atoms with van der Waals surface area (Å²) < 4.78 is 23.0. The minimum Gasteiger partial charge on any atom is -0.462 e. The van der Waals surface area contributed by atoms with Crippen molar-refractivity contribution in [2.45, 2.75) is 33.8 Å². The van der Waals surface area contributed by atoms with Gasteiger partial charge in [-0.3, -0.25) is 4.79 Å². The van der Waals surface area contributed by atoms with E-state index in [-0.39, 0.29) is 18.1 Å². The Morgan fingerprint density at radius 3 is 2.43 bits per heavy atom. The number of H-pyrrole nitrogens is 1. The molecule has 1 atom stereocenters. The normalized spacial score (nSPS) is 12.0. The second kappa shape index (κ2) is 9.12. The first-order chi connectivity index (χ1) is 13.2. The van der Waals surface area contributed by atoms with Gasteiger partial charge < -0.3 is 14.5 Å². The van der Waals surface area contributed by atoms with Gasteiger partial charge in [0.05, 0.1) is 17.9 Å². The Kier molecular flexibility index (Phi) is 6.87. The zero-order valence-corrected chi connectivity index (χ0v) is 16.2. The molecule has 0 aliphatic carbocycles. The molecule has 2 rings (SSSR count). The second-order valence-electron chi connectivity index (χ2n) is 6.17. The number of esters is 2. The predicted octanol–water partition coefficient (Wildman–Crippen LogP) is 3.78. The number of aromatic nitrogens is 1. The maximum Gasteiger partial charge on any atom is 0.340 e. The van der Waals surface area contributed by atoms with Gasteiger partial charge in [0.1, 0.15) is 5.82 Å². The number of carbonyl (C=O) groups is 3. The SMILES string of the molecule is CCOC(=O)c1c(C)[nH]c(C(=O)[C@@H](C)OC(=O)/C=C/c2ccc(F)cc2)c1C. The molecule has 0 unspecified atom stereocenters. The highest BCUT2D eigenvalue weighted by molar-refractivity contribution is 6.04. The summed E-state index contributed by atoms with van der Waals surface area (Å²) in [6.45, 7) is 6.67. The van der Waals surface area contributed by atoms with E-state index in [1.165, 1.54) is 37.3 Å². The number of carbonyl (C=O) groups excluding carboxylic acids is 3. The van der Waals surface area contributed by atoms with Crippen LogP contribution in [-0.2, 0) is 14.3 Å². The van der Waals surface area contributed by atoms with Crippen molar-refractivity contribution >= 4 is 23.8 Å². The zero-order chi connectivity index (χ0) is 20.8. The molecule has 1 N–H and O–H groups in total. The van der Waals surface area contributed by atoms with Crippen molar-refractivity contribution in [3.8, 4) is 0 Å². The number of aryl methyl sites for hydroxylation is 1. The minimum atomic E-state index is -1.06. The van der Waals surface area contributed by atoms with Crippen LogP contribution in [0.25, 0.3) is 6.08 Å². The van der Waals surface area contributed by atoms with Crippen LogP contribution in [0.3, 0.4) is 0 Å². The second-order valence-corrected chi connectivity index (χ2v) is 6.17. The van der Waals surface area contributed by atoms with E-state index in [2.05, 4.69) is 4.98 Å². The fourth-order valence-electron chi connectivity index (χ4n) is 2.71. The van der Waals surface area contributed by atoms with Crippen molar-refractivity contribution in [3.05, 3.63) is 64.2 Å². The molecular formula is C21H22FNO5. The van der Waals surface area contributed by atoms with E-state index in [1.54, 1.807) is 20.8 Å². The van der Waals surface area contributed by atoms with Crippen molar-refractivity contribution in [1.82, 2.24) is 4.98 Å². The van der Waals surface area contributed by atoms with Crippen LogP contribution in [-0.4, -0.2) is 35.4 Å². The van der Waals surface area contributed by atoms with Crippen molar-refractivity contribution < 1.29 is 28.2 Å². The van der Waals surface area contributed by atoms with E-state index in [0.29, 0.717) is 22.4 Å². The minimum absolute atomic E-state index is 0.198. The van der Waals surface area contributed by atoms with Gasteiger partial charge in [-0.25, -0.2) is 14.0 Å². The highest BCUT2D eigenvalue weighted by atomic mass is 19.1. The molecule has 0 saturated carbocycles. The van der Waals surface area contributed by atoms with Crippen LogP contribution in [0.4, 0.5) is 4.39 Å². The van der Waals surface area contributed by atoms with Gasteiger partial charge >= 0.3 is 11.9 Å². The highest BCUT2D eigenvalue weighted by Crippen LogP contribution is 2.21. The average molecular weight is 387 g/mol. The molecule has 0 aliphatic heterocycles. The van der Waals surface area contributed by atoms with Crippen molar-refractivity contribution in [3.63, 3.8) is 0 Å². The zero-order valence-electron chi connectivity index (χ0n) is 16.2. The molecule has 0 amide bonds. The topological polar surface area (TPSA) is 85.5 Å². The van der Waals surface area contributed by atoms with Crippen LogP contribution in [0.15, 0.2) is 30.3 Å². The van der Waals surface area contributed by atoms with E-state index in [9.17, 15) is 18.8 Å². The lowest BCUT2D eigenvalue weighted by molar-refractivity contribution is -0.140. The smallest absolute Gasteiger partial charge is 0.340 e. The first-order valence-electron chi connectivity index (χ1n) is 8.79. The monoisotopic (exact) mass is 387 g/mol. The first-order valence-corrected chi connectivity index (χ1v) is 8.79. The van der Waals surface area contributed by atoms with Gasteiger partial charge in [0.25, 0.3) is 0 Å². The van der Waals surface area contributed by atoms with Crippen molar-refractivity contribution in [2.24, 2.45) is 0 Å². The Hall–Kier alpha value is -3.22. The van der Waals surface area contributed by atoms with Gasteiger partial charge in [0.2, 0.25) is 5.78 Å². The van der Waals surface area contributed by atoms with E-state index in [1.807, 2.05) is 0 Å². The molecule has 0 aliphatic rings. The largest absolute Gasteiger partial charge is 0.462 e. The summed E-state index contributed by atoms with van der Waals surface area (Å²) in [5.74, 6) is -2.06. The molecule has 0 bridgehead atoms. The Labute approximate surface area is 162 Å². The number of hydrogen-bond donors (Lipinski definition) is 1. The molecule has 0 spiro atoms. The number of ether oxygens (including phenoxy) is 2. The van der Waals surface area contributed by atoms with Crippen LogP contribution >= 0.6 is 0 Å². The maximum atomic E-state index is 12.9. The molecule has 148 valence electrons. The number of nitrogens with one attached hydrogen (secondary N) is 1. The lowest BCUT2D eigenvalue weighted by Gasteiger charge is -2.10. The summed E-state index contributed by atoms with van der Waals surface area (Å²) in [6.07, 6.45) is 1.56. The van der Waals surface area contributed by atoms with Crippen LogP contribution < -0.4 is 0 Å².